The lowest BCUT2D eigenvalue weighted by molar-refractivity contribution is -0.201. The summed E-state index contributed by atoms with van der Waals surface area (Å²) in [5, 5.41) is 9.35. The second-order valence-electron chi connectivity index (χ2n) is 6.66. The molecule has 2 rings (SSSR count). The van der Waals surface area contributed by atoms with Gasteiger partial charge in [-0.2, -0.15) is 5.26 Å². The maximum atomic E-state index is 11.7. The Morgan fingerprint density at radius 2 is 1.83 bits per heavy atom. The molecule has 5 unspecified atom stereocenters. The summed E-state index contributed by atoms with van der Waals surface area (Å²) in [5.74, 6) is -1.77. The Kier molecular flexibility index (Phi) is 8.16. The van der Waals surface area contributed by atoms with Gasteiger partial charge in [0.1, 0.15) is 30.3 Å². The lowest BCUT2D eigenvalue weighted by Gasteiger charge is -2.43. The van der Waals surface area contributed by atoms with Crippen LogP contribution in [0.1, 0.15) is 32.0 Å². The number of hydrogen-bond acceptors (Lipinski definition) is 11. The van der Waals surface area contributed by atoms with Crippen LogP contribution in [-0.2, 0) is 33.3 Å². The van der Waals surface area contributed by atoms with Crippen LogP contribution in [-0.4, -0.2) is 59.3 Å². The van der Waals surface area contributed by atoms with E-state index in [2.05, 4.69) is 4.98 Å². The summed E-state index contributed by atoms with van der Waals surface area (Å²) in [6.45, 7) is 5.25. The zero-order valence-electron chi connectivity index (χ0n) is 17.0. The van der Waals surface area contributed by atoms with E-state index in [9.17, 15) is 19.6 Å². The van der Waals surface area contributed by atoms with Gasteiger partial charge in [0.25, 0.3) is 0 Å². The fourth-order valence-corrected chi connectivity index (χ4v) is 4.17. The van der Waals surface area contributed by atoms with Gasteiger partial charge in [0, 0.05) is 31.9 Å². The number of ether oxygens (including phenoxy) is 4. The molecule has 162 valence electrons. The predicted octanol–water partition coefficient (Wildman–Crippen LogP) is 0.832. The monoisotopic (exact) mass is 437 g/mol. The fraction of sp³-hybridized carbons (Fsp3) is 0.526. The molecule has 30 heavy (non-hydrogen) atoms. The number of aromatic nitrogens is 1. The average molecular weight is 437 g/mol. The topological polar surface area (TPSA) is 151 Å². The van der Waals surface area contributed by atoms with Crippen LogP contribution in [0.4, 0.5) is 0 Å². The Morgan fingerprint density at radius 1 is 1.20 bits per heavy atom. The highest BCUT2D eigenvalue weighted by atomic mass is 32.2. The van der Waals surface area contributed by atoms with Crippen molar-refractivity contribution in [2.45, 2.75) is 62.4 Å². The molecule has 10 nitrogen and oxygen atoms in total. The van der Waals surface area contributed by atoms with Crippen molar-refractivity contribution in [1.82, 2.24) is 4.98 Å². The number of thioether (sulfide) groups is 1. The molecule has 0 amide bonds. The smallest absolute Gasteiger partial charge is 0.303 e. The van der Waals surface area contributed by atoms with Gasteiger partial charge in [-0.25, -0.2) is 4.98 Å². The lowest BCUT2D eigenvalue weighted by Crippen LogP contribution is -2.63. The quantitative estimate of drug-likeness (QED) is 0.498. The van der Waals surface area contributed by atoms with E-state index in [1.807, 2.05) is 13.0 Å². The Hall–Kier alpha value is -2.68. The number of carbonyl (C=O) groups excluding carboxylic acids is 3. The Labute approximate surface area is 178 Å². The Morgan fingerprint density at radius 3 is 2.40 bits per heavy atom. The molecule has 2 heterocycles. The minimum atomic E-state index is -1.02. The van der Waals surface area contributed by atoms with Crippen molar-refractivity contribution in [2.24, 2.45) is 5.73 Å². The van der Waals surface area contributed by atoms with Crippen LogP contribution in [0.15, 0.2) is 17.2 Å². The van der Waals surface area contributed by atoms with Crippen LogP contribution in [0.25, 0.3) is 0 Å². The first kappa shape index (κ1) is 23.6. The molecule has 1 aromatic rings. The molecule has 0 spiro atoms. The van der Waals surface area contributed by atoms with Crippen LogP contribution in [0.2, 0.25) is 0 Å². The van der Waals surface area contributed by atoms with Crippen LogP contribution < -0.4 is 5.73 Å². The van der Waals surface area contributed by atoms with Crippen LogP contribution in [0, 0.1) is 18.3 Å². The van der Waals surface area contributed by atoms with E-state index < -0.39 is 47.7 Å². The SMILES string of the molecule is CC(=O)OCC1OC(Sc2cc(C)cnc2C#N)C(OC(C)=O)C(N)C1OC(C)=O. The molecule has 11 heteroatoms. The summed E-state index contributed by atoms with van der Waals surface area (Å²) in [4.78, 5) is 39.1. The Bertz CT molecular complexity index is 855. The van der Waals surface area contributed by atoms with Gasteiger partial charge in [0.15, 0.2) is 11.8 Å². The first-order valence-corrected chi connectivity index (χ1v) is 9.92. The van der Waals surface area contributed by atoms with E-state index in [4.69, 9.17) is 24.7 Å². The number of carbonyl (C=O) groups is 3. The molecule has 1 saturated heterocycles. The lowest BCUT2D eigenvalue weighted by atomic mass is 9.97. The summed E-state index contributed by atoms with van der Waals surface area (Å²) >= 11 is 1.10. The number of hydrogen-bond donors (Lipinski definition) is 1. The molecule has 0 radical (unpaired) electrons. The van der Waals surface area contributed by atoms with Crippen molar-refractivity contribution in [3.8, 4) is 6.07 Å². The van der Waals surface area contributed by atoms with Gasteiger partial charge in [0.2, 0.25) is 0 Å². The normalized spacial score (nSPS) is 25.7. The second kappa shape index (κ2) is 10.4. The van der Waals surface area contributed by atoms with Gasteiger partial charge in [-0.3, -0.25) is 14.4 Å². The van der Waals surface area contributed by atoms with E-state index in [1.165, 1.54) is 20.8 Å². The zero-order chi connectivity index (χ0) is 22.4. The molecule has 1 aliphatic rings. The largest absolute Gasteiger partial charge is 0.463 e. The van der Waals surface area contributed by atoms with Crippen molar-refractivity contribution in [3.05, 3.63) is 23.5 Å². The number of pyridine rings is 1. The number of nitrogens with two attached hydrogens (primary N) is 1. The molecule has 0 aliphatic carbocycles. The highest BCUT2D eigenvalue weighted by Gasteiger charge is 2.49. The summed E-state index contributed by atoms with van der Waals surface area (Å²) < 4.78 is 21.7. The number of aryl methyl sites for hydroxylation is 1. The molecule has 1 fully saturated rings. The van der Waals surface area contributed by atoms with E-state index >= 15 is 0 Å². The standard InChI is InChI=1S/C19H23N3O7S/c1-9-5-15(13(6-20)22-7-9)30-19-18(28-12(4)25)16(21)17(27-11(3)24)14(29-19)8-26-10(2)23/h5,7,14,16-19H,8,21H2,1-4H3. The van der Waals surface area contributed by atoms with Crippen molar-refractivity contribution < 1.29 is 33.3 Å². The first-order valence-electron chi connectivity index (χ1n) is 9.04. The average Bonchev–Trinajstić information content (AvgIpc) is 2.65. The van der Waals surface area contributed by atoms with Gasteiger partial charge in [0.05, 0.1) is 6.04 Å². The highest BCUT2D eigenvalue weighted by molar-refractivity contribution is 7.99. The second-order valence-corrected chi connectivity index (χ2v) is 7.80. The van der Waals surface area contributed by atoms with Crippen molar-refractivity contribution in [1.29, 1.82) is 5.26 Å². The molecule has 0 aromatic carbocycles. The molecule has 1 aliphatic heterocycles. The van der Waals surface area contributed by atoms with Crippen molar-refractivity contribution >= 4 is 29.7 Å². The summed E-state index contributed by atoms with van der Waals surface area (Å²) in [6.07, 6.45) is -1.37. The maximum absolute atomic E-state index is 11.7. The van der Waals surface area contributed by atoms with Gasteiger partial charge < -0.3 is 24.7 Å². The molecule has 1 aromatic heterocycles. The van der Waals surface area contributed by atoms with Gasteiger partial charge in [-0.15, -0.1) is 0 Å². The summed E-state index contributed by atoms with van der Waals surface area (Å²) in [7, 11) is 0. The summed E-state index contributed by atoms with van der Waals surface area (Å²) in [5.41, 5.74) is 6.41. The van der Waals surface area contributed by atoms with Crippen LogP contribution in [0.5, 0.6) is 0 Å². The molecular formula is C19H23N3O7S. The third-order valence-corrected chi connectivity index (χ3v) is 5.27. The van der Waals surface area contributed by atoms with Crippen LogP contribution in [0.3, 0.4) is 0 Å². The van der Waals surface area contributed by atoms with Crippen molar-refractivity contribution in [2.75, 3.05) is 6.61 Å². The fourth-order valence-electron chi connectivity index (χ4n) is 2.89. The minimum absolute atomic E-state index is 0.169. The molecule has 0 saturated carbocycles. The van der Waals surface area contributed by atoms with E-state index in [1.54, 1.807) is 12.3 Å². The third-order valence-electron chi connectivity index (χ3n) is 4.10. The van der Waals surface area contributed by atoms with Crippen molar-refractivity contribution in [3.63, 3.8) is 0 Å². The first-order chi connectivity index (χ1) is 14.1. The zero-order valence-corrected chi connectivity index (χ0v) is 17.8. The number of esters is 3. The molecule has 0 bridgehead atoms. The number of rotatable bonds is 6. The molecular weight excluding hydrogens is 414 g/mol. The predicted molar refractivity (Wildman–Crippen MR) is 104 cm³/mol. The third kappa shape index (κ3) is 6.16. The van der Waals surface area contributed by atoms with Gasteiger partial charge in [-0.1, -0.05) is 11.8 Å². The number of nitriles is 1. The van der Waals surface area contributed by atoms with E-state index in [0.717, 1.165) is 17.3 Å². The molecule has 5 atom stereocenters. The number of nitrogens with zero attached hydrogens (tertiary/aromatic N) is 2. The van der Waals surface area contributed by atoms with Gasteiger partial charge >= 0.3 is 17.9 Å². The Balaban J connectivity index is 2.38. The van der Waals surface area contributed by atoms with Crippen LogP contribution >= 0.6 is 11.8 Å². The highest BCUT2D eigenvalue weighted by Crippen LogP contribution is 2.36. The van der Waals surface area contributed by atoms with E-state index in [0.29, 0.717) is 4.90 Å². The van der Waals surface area contributed by atoms with Gasteiger partial charge in [-0.05, 0) is 18.6 Å². The minimum Gasteiger partial charge on any atom is -0.463 e. The summed E-state index contributed by atoms with van der Waals surface area (Å²) in [6, 6.07) is 2.78. The molecule has 2 N–H and O–H groups in total. The maximum Gasteiger partial charge on any atom is 0.303 e. The van der Waals surface area contributed by atoms with E-state index in [-0.39, 0.29) is 12.3 Å².